The highest BCUT2D eigenvalue weighted by Gasteiger charge is 2.27. The molecule has 0 radical (unpaired) electrons. The van der Waals surface area contributed by atoms with Crippen LogP contribution in [0.5, 0.6) is 0 Å². The molecule has 0 bridgehead atoms. The van der Waals surface area contributed by atoms with Gasteiger partial charge in [0.15, 0.2) is 0 Å². The minimum absolute atomic E-state index is 0.335. The van der Waals surface area contributed by atoms with Crippen LogP contribution in [0.2, 0.25) is 0 Å². The molecule has 2 aromatic rings. The number of carbonyl (C=O) groups is 3. The van der Waals surface area contributed by atoms with Gasteiger partial charge in [0.25, 0.3) is 11.8 Å². The normalized spacial score (nSPS) is 18.4. The van der Waals surface area contributed by atoms with Gasteiger partial charge in [-0.1, -0.05) is 67.8 Å². The second kappa shape index (κ2) is 9.12. The van der Waals surface area contributed by atoms with E-state index in [1.54, 1.807) is 12.1 Å². The van der Waals surface area contributed by atoms with Crippen molar-refractivity contribution in [3.63, 3.8) is 0 Å². The molecule has 0 aromatic heterocycles. The van der Waals surface area contributed by atoms with Crippen LogP contribution >= 0.6 is 0 Å². The molecule has 1 aliphatic rings. The van der Waals surface area contributed by atoms with E-state index >= 15 is 0 Å². The highest BCUT2D eigenvalue weighted by molar-refractivity contribution is 6.38. The summed E-state index contributed by atoms with van der Waals surface area (Å²) in [5, 5.41) is 5.43. The van der Waals surface area contributed by atoms with Gasteiger partial charge in [-0.25, -0.2) is 0 Å². The molecule has 2 amide bonds. The van der Waals surface area contributed by atoms with E-state index in [1.807, 2.05) is 42.5 Å². The smallest absolute Gasteiger partial charge is 0.289 e. The highest BCUT2D eigenvalue weighted by atomic mass is 16.2. The molecular weight excluding hydrogens is 340 g/mol. The predicted octanol–water partition coefficient (Wildman–Crippen LogP) is 3.10. The predicted molar refractivity (Wildman–Crippen MR) is 104 cm³/mol. The van der Waals surface area contributed by atoms with Crippen molar-refractivity contribution >= 4 is 17.6 Å². The number of rotatable bonds is 3. The first-order valence-corrected chi connectivity index (χ1v) is 9.44. The van der Waals surface area contributed by atoms with Crippen LogP contribution in [0.1, 0.15) is 42.5 Å². The largest absolute Gasteiger partial charge is 0.349 e. The Labute approximate surface area is 159 Å². The average molecular weight is 364 g/mol. The highest BCUT2D eigenvalue weighted by Crippen LogP contribution is 2.23. The minimum atomic E-state index is -0.792. The van der Waals surface area contributed by atoms with Crippen LogP contribution in [0.3, 0.4) is 0 Å². The van der Waals surface area contributed by atoms with Gasteiger partial charge in [-0.15, -0.1) is 0 Å². The third kappa shape index (κ3) is 4.82. The molecule has 3 rings (SSSR count). The number of hydrogen-bond acceptors (Lipinski definition) is 3. The zero-order valence-electron chi connectivity index (χ0n) is 15.2. The lowest BCUT2D eigenvalue weighted by molar-refractivity contribution is -0.139. The molecule has 27 heavy (non-hydrogen) atoms. The Morgan fingerprint density at radius 1 is 0.889 bits per heavy atom. The van der Waals surface area contributed by atoms with Gasteiger partial charge >= 0.3 is 0 Å². The van der Waals surface area contributed by atoms with Crippen LogP contribution in [0.15, 0.2) is 54.6 Å². The molecule has 1 atom stereocenters. The molecule has 0 unspecified atom stereocenters. The molecule has 1 saturated heterocycles. The Bertz CT molecular complexity index is 817. The molecule has 5 nitrogen and oxygen atoms in total. The van der Waals surface area contributed by atoms with Gasteiger partial charge in [0.1, 0.15) is 0 Å². The summed E-state index contributed by atoms with van der Waals surface area (Å²) < 4.78 is 0. The molecule has 140 valence electrons. The summed E-state index contributed by atoms with van der Waals surface area (Å²) in [6.07, 6.45) is 4.15. The van der Waals surface area contributed by atoms with Crippen molar-refractivity contribution in [1.29, 1.82) is 0 Å². The van der Waals surface area contributed by atoms with Gasteiger partial charge in [-0.3, -0.25) is 14.4 Å². The molecule has 1 aliphatic heterocycles. The van der Waals surface area contributed by atoms with Gasteiger partial charge in [0, 0.05) is 12.1 Å². The van der Waals surface area contributed by atoms with Crippen LogP contribution in [0.4, 0.5) is 0 Å². The molecule has 1 heterocycles. The van der Waals surface area contributed by atoms with Crippen molar-refractivity contribution in [2.45, 2.75) is 38.1 Å². The first-order valence-electron chi connectivity index (χ1n) is 9.44. The number of amides is 2. The topological polar surface area (TPSA) is 75.3 Å². The number of nitrogens with one attached hydrogen (secondary N) is 2. The van der Waals surface area contributed by atoms with Crippen molar-refractivity contribution in [3.8, 4) is 11.1 Å². The Morgan fingerprint density at radius 2 is 1.59 bits per heavy atom. The number of carbonyl (C=O) groups excluding carboxylic acids is 3. The van der Waals surface area contributed by atoms with E-state index in [-0.39, 0.29) is 5.91 Å². The molecule has 5 heteroatoms. The van der Waals surface area contributed by atoms with Gasteiger partial charge in [0.2, 0.25) is 5.78 Å². The Morgan fingerprint density at radius 3 is 2.41 bits per heavy atom. The van der Waals surface area contributed by atoms with Gasteiger partial charge in [-0.05, 0) is 30.0 Å². The molecule has 2 N–H and O–H groups in total. The van der Waals surface area contributed by atoms with Crippen LogP contribution in [0, 0.1) is 0 Å². The van der Waals surface area contributed by atoms with Crippen molar-refractivity contribution in [2.75, 3.05) is 6.54 Å². The third-order valence-corrected chi connectivity index (χ3v) is 4.81. The number of benzene rings is 2. The Balaban J connectivity index is 1.81. The summed E-state index contributed by atoms with van der Waals surface area (Å²) in [6, 6.07) is 16.1. The van der Waals surface area contributed by atoms with E-state index in [2.05, 4.69) is 10.6 Å². The summed E-state index contributed by atoms with van der Waals surface area (Å²) in [4.78, 5) is 37.4. The maximum atomic E-state index is 12.9. The molecule has 0 aliphatic carbocycles. The third-order valence-electron chi connectivity index (χ3n) is 4.81. The molecule has 1 fully saturated rings. The van der Waals surface area contributed by atoms with Crippen LogP contribution in [-0.2, 0) is 9.59 Å². The van der Waals surface area contributed by atoms with Crippen LogP contribution in [0.25, 0.3) is 11.1 Å². The molecule has 2 aromatic carbocycles. The van der Waals surface area contributed by atoms with Gasteiger partial charge in [-0.2, -0.15) is 0 Å². The van der Waals surface area contributed by atoms with E-state index in [4.69, 9.17) is 0 Å². The SMILES string of the molecule is O=C1NCCCCCC[C@H](NC(=O)c2ccccc2-c2ccccc2)C1=O. The number of hydrogen-bond donors (Lipinski definition) is 2. The van der Waals surface area contributed by atoms with E-state index in [0.717, 1.165) is 36.8 Å². The van der Waals surface area contributed by atoms with Crippen molar-refractivity contribution in [1.82, 2.24) is 10.6 Å². The Hall–Kier alpha value is -2.95. The Kier molecular flexibility index (Phi) is 6.36. The summed E-state index contributed by atoms with van der Waals surface area (Å²) in [6.45, 7) is 0.502. The molecule has 0 spiro atoms. The van der Waals surface area contributed by atoms with Gasteiger partial charge < -0.3 is 10.6 Å². The lowest BCUT2D eigenvalue weighted by Crippen LogP contribution is -2.48. The fourth-order valence-corrected chi connectivity index (χ4v) is 3.33. The minimum Gasteiger partial charge on any atom is -0.349 e. The first kappa shape index (κ1) is 18.8. The van der Waals surface area contributed by atoms with Crippen molar-refractivity contribution in [3.05, 3.63) is 60.2 Å². The zero-order valence-corrected chi connectivity index (χ0v) is 15.2. The van der Waals surface area contributed by atoms with E-state index in [0.29, 0.717) is 18.5 Å². The van der Waals surface area contributed by atoms with Crippen molar-refractivity contribution < 1.29 is 14.4 Å². The number of Topliss-reactive ketones (excluding diaryl/α,β-unsaturated/α-hetero) is 1. The number of ketones is 1. The molecule has 0 saturated carbocycles. The average Bonchev–Trinajstić information content (AvgIpc) is 2.71. The summed E-state index contributed by atoms with van der Waals surface area (Å²) in [7, 11) is 0. The summed E-state index contributed by atoms with van der Waals surface area (Å²) in [5.41, 5.74) is 2.22. The molecular formula is C22H24N2O3. The quantitative estimate of drug-likeness (QED) is 0.822. The van der Waals surface area contributed by atoms with E-state index < -0.39 is 17.7 Å². The second-order valence-electron chi connectivity index (χ2n) is 6.76. The lowest BCUT2D eigenvalue weighted by atomic mass is 9.97. The summed E-state index contributed by atoms with van der Waals surface area (Å²) >= 11 is 0. The summed E-state index contributed by atoms with van der Waals surface area (Å²) in [5.74, 6) is -1.52. The van der Waals surface area contributed by atoms with Crippen LogP contribution < -0.4 is 10.6 Å². The fraction of sp³-hybridized carbons (Fsp3) is 0.318. The standard InChI is InChI=1S/C22H24N2O3/c25-20-19(14-6-1-2-9-15-23-22(20)27)24-21(26)18-13-8-7-12-17(18)16-10-4-3-5-11-16/h3-5,7-8,10-13,19H,1-2,6,9,14-15H2,(H,23,27)(H,24,26)/t19-/m0/s1. The lowest BCUT2D eigenvalue weighted by Gasteiger charge is -2.19. The van der Waals surface area contributed by atoms with Crippen molar-refractivity contribution in [2.24, 2.45) is 0 Å². The first-order chi connectivity index (χ1) is 13.2. The monoisotopic (exact) mass is 364 g/mol. The second-order valence-corrected chi connectivity index (χ2v) is 6.76. The van der Waals surface area contributed by atoms with E-state index in [9.17, 15) is 14.4 Å². The van der Waals surface area contributed by atoms with Gasteiger partial charge in [0.05, 0.1) is 6.04 Å². The van der Waals surface area contributed by atoms with E-state index in [1.165, 1.54) is 0 Å². The maximum absolute atomic E-state index is 12.9. The fourth-order valence-electron chi connectivity index (χ4n) is 3.33. The van der Waals surface area contributed by atoms with Crippen LogP contribution in [-0.4, -0.2) is 30.2 Å². The maximum Gasteiger partial charge on any atom is 0.289 e. The zero-order chi connectivity index (χ0) is 19.1.